The second-order valence-corrected chi connectivity index (χ2v) is 5.85. The number of benzene rings is 3. The van der Waals surface area contributed by atoms with E-state index < -0.39 is 0 Å². The third-order valence-electron chi connectivity index (χ3n) is 4.21. The molecule has 124 valence electrons. The Morgan fingerprint density at radius 2 is 1.71 bits per heavy atom. The van der Waals surface area contributed by atoms with Gasteiger partial charge in [-0.15, -0.1) is 0 Å². The van der Waals surface area contributed by atoms with Gasteiger partial charge in [0, 0.05) is 18.2 Å². The van der Waals surface area contributed by atoms with Crippen LogP contribution in [-0.4, -0.2) is 18.3 Å². The minimum atomic E-state index is 0.0220. The fourth-order valence-electron chi connectivity index (χ4n) is 2.95. The van der Waals surface area contributed by atoms with Crippen LogP contribution in [0.2, 0.25) is 0 Å². The van der Waals surface area contributed by atoms with E-state index in [4.69, 9.17) is 9.84 Å². The van der Waals surface area contributed by atoms with Gasteiger partial charge in [-0.3, -0.25) is 0 Å². The lowest BCUT2D eigenvalue weighted by atomic mass is 9.99. The molecule has 0 aliphatic rings. The van der Waals surface area contributed by atoms with Crippen LogP contribution in [0.1, 0.15) is 24.1 Å². The average Bonchev–Trinajstić information content (AvgIpc) is 2.64. The van der Waals surface area contributed by atoms with E-state index in [1.807, 2.05) is 18.2 Å². The molecule has 24 heavy (non-hydrogen) atoms. The van der Waals surface area contributed by atoms with Crippen LogP contribution in [0.5, 0.6) is 5.75 Å². The number of hydrogen-bond acceptors (Lipinski definition) is 3. The highest BCUT2D eigenvalue weighted by Gasteiger charge is 2.10. The van der Waals surface area contributed by atoms with E-state index in [9.17, 15) is 0 Å². The normalized spacial score (nSPS) is 12.2. The molecule has 3 aromatic carbocycles. The van der Waals surface area contributed by atoms with Gasteiger partial charge in [0.15, 0.2) is 0 Å². The van der Waals surface area contributed by atoms with Crippen LogP contribution in [0.3, 0.4) is 0 Å². The van der Waals surface area contributed by atoms with Crippen molar-refractivity contribution in [1.82, 2.24) is 5.32 Å². The molecule has 0 saturated heterocycles. The fraction of sp³-hybridized carbons (Fsp3) is 0.238. The molecule has 0 radical (unpaired) electrons. The largest absolute Gasteiger partial charge is 0.491 e. The zero-order valence-electron chi connectivity index (χ0n) is 13.9. The van der Waals surface area contributed by atoms with E-state index in [-0.39, 0.29) is 12.6 Å². The second-order valence-electron chi connectivity index (χ2n) is 5.85. The van der Waals surface area contributed by atoms with Gasteiger partial charge in [-0.2, -0.15) is 0 Å². The molecule has 0 aliphatic heterocycles. The summed E-state index contributed by atoms with van der Waals surface area (Å²) >= 11 is 0. The van der Waals surface area contributed by atoms with Crippen LogP contribution >= 0.6 is 0 Å². The van der Waals surface area contributed by atoms with E-state index in [0.29, 0.717) is 13.2 Å². The van der Waals surface area contributed by atoms with Gasteiger partial charge in [-0.05, 0) is 29.3 Å². The maximum Gasteiger partial charge on any atom is 0.123 e. The standard InChI is InChI=1S/C21H23NO2/c1-16(19-11-6-9-17-7-2-4-10-20(17)19)22-15-18-8-3-5-12-21(18)24-14-13-23/h2-12,16,22-23H,13-15H2,1H3. The maximum atomic E-state index is 8.95. The van der Waals surface area contributed by atoms with Crippen molar-refractivity contribution in [2.24, 2.45) is 0 Å². The summed E-state index contributed by atoms with van der Waals surface area (Å²) in [6.07, 6.45) is 0. The van der Waals surface area contributed by atoms with Gasteiger partial charge in [0.2, 0.25) is 0 Å². The summed E-state index contributed by atoms with van der Waals surface area (Å²) in [5.41, 5.74) is 2.39. The third-order valence-corrected chi connectivity index (χ3v) is 4.21. The number of nitrogens with one attached hydrogen (secondary N) is 1. The van der Waals surface area contributed by atoms with E-state index in [2.05, 4.69) is 60.8 Å². The lowest BCUT2D eigenvalue weighted by Gasteiger charge is -2.18. The highest BCUT2D eigenvalue weighted by Crippen LogP contribution is 2.25. The summed E-state index contributed by atoms with van der Waals surface area (Å²) in [4.78, 5) is 0. The SMILES string of the molecule is CC(NCc1ccccc1OCCO)c1cccc2ccccc12. The third kappa shape index (κ3) is 3.75. The summed E-state index contributed by atoms with van der Waals surface area (Å²) in [6, 6.07) is 23.1. The maximum absolute atomic E-state index is 8.95. The van der Waals surface area contributed by atoms with Crippen molar-refractivity contribution in [3.8, 4) is 5.75 Å². The van der Waals surface area contributed by atoms with Gasteiger partial charge in [0.1, 0.15) is 12.4 Å². The van der Waals surface area contributed by atoms with Gasteiger partial charge >= 0.3 is 0 Å². The van der Waals surface area contributed by atoms with E-state index >= 15 is 0 Å². The Balaban J connectivity index is 1.75. The van der Waals surface area contributed by atoms with Crippen molar-refractivity contribution in [2.75, 3.05) is 13.2 Å². The number of ether oxygens (including phenoxy) is 1. The van der Waals surface area contributed by atoms with Gasteiger partial charge in [-0.1, -0.05) is 60.7 Å². The quantitative estimate of drug-likeness (QED) is 0.689. The summed E-state index contributed by atoms with van der Waals surface area (Å²) in [6.45, 7) is 3.23. The van der Waals surface area contributed by atoms with Gasteiger partial charge in [-0.25, -0.2) is 0 Å². The first-order valence-corrected chi connectivity index (χ1v) is 8.32. The van der Waals surface area contributed by atoms with Crippen LogP contribution in [0.15, 0.2) is 66.7 Å². The molecule has 1 unspecified atom stereocenters. The first-order valence-electron chi connectivity index (χ1n) is 8.32. The number of rotatable bonds is 7. The minimum absolute atomic E-state index is 0.0220. The van der Waals surface area contributed by atoms with Crippen molar-refractivity contribution in [3.63, 3.8) is 0 Å². The number of para-hydroxylation sites is 1. The first kappa shape index (κ1) is 16.5. The molecular formula is C21H23NO2. The van der Waals surface area contributed by atoms with Gasteiger partial charge < -0.3 is 15.2 Å². The van der Waals surface area contributed by atoms with Gasteiger partial charge in [0.25, 0.3) is 0 Å². The van der Waals surface area contributed by atoms with Crippen LogP contribution in [0.25, 0.3) is 10.8 Å². The zero-order valence-corrected chi connectivity index (χ0v) is 13.9. The molecule has 0 fully saturated rings. The molecule has 3 aromatic rings. The molecule has 2 N–H and O–H groups in total. The smallest absolute Gasteiger partial charge is 0.123 e. The lowest BCUT2D eigenvalue weighted by molar-refractivity contribution is 0.200. The monoisotopic (exact) mass is 321 g/mol. The van der Waals surface area contributed by atoms with Crippen LogP contribution < -0.4 is 10.1 Å². The Bertz CT molecular complexity index is 795. The van der Waals surface area contributed by atoms with Crippen LogP contribution in [-0.2, 0) is 6.54 Å². The zero-order chi connectivity index (χ0) is 16.8. The van der Waals surface area contributed by atoms with Crippen molar-refractivity contribution in [1.29, 1.82) is 0 Å². The Kier molecular flexibility index (Phi) is 5.47. The second kappa shape index (κ2) is 7.95. The number of aliphatic hydroxyl groups excluding tert-OH is 1. The summed E-state index contributed by atoms with van der Waals surface area (Å²) < 4.78 is 5.60. The molecule has 0 amide bonds. The van der Waals surface area contributed by atoms with Crippen molar-refractivity contribution >= 4 is 10.8 Å². The number of fused-ring (bicyclic) bond motifs is 1. The predicted octanol–water partition coefficient (Wildman–Crippen LogP) is 4.06. The van der Waals surface area contributed by atoms with Gasteiger partial charge in [0.05, 0.1) is 6.61 Å². The topological polar surface area (TPSA) is 41.5 Å². The Hall–Kier alpha value is -2.36. The molecule has 3 heteroatoms. The average molecular weight is 321 g/mol. The van der Waals surface area contributed by atoms with E-state index in [0.717, 1.165) is 11.3 Å². The summed E-state index contributed by atoms with van der Waals surface area (Å²) in [5.74, 6) is 0.823. The molecule has 1 atom stereocenters. The molecule has 0 bridgehead atoms. The molecule has 0 heterocycles. The van der Waals surface area contributed by atoms with E-state index in [1.54, 1.807) is 0 Å². The highest BCUT2D eigenvalue weighted by atomic mass is 16.5. The number of hydrogen-bond donors (Lipinski definition) is 2. The highest BCUT2D eigenvalue weighted by molar-refractivity contribution is 5.86. The van der Waals surface area contributed by atoms with Crippen molar-refractivity contribution in [2.45, 2.75) is 19.5 Å². The molecule has 0 aliphatic carbocycles. The summed E-state index contributed by atoms with van der Waals surface area (Å²) in [5, 5.41) is 15.1. The fourth-order valence-corrected chi connectivity index (χ4v) is 2.95. The molecule has 3 rings (SSSR count). The Labute approximate surface area is 142 Å². The minimum Gasteiger partial charge on any atom is -0.491 e. The summed E-state index contributed by atoms with van der Waals surface area (Å²) in [7, 11) is 0. The Morgan fingerprint density at radius 3 is 2.58 bits per heavy atom. The van der Waals surface area contributed by atoms with Crippen molar-refractivity contribution in [3.05, 3.63) is 77.9 Å². The number of aliphatic hydroxyl groups is 1. The molecular weight excluding hydrogens is 298 g/mol. The molecule has 0 aromatic heterocycles. The first-order chi connectivity index (χ1) is 11.8. The molecule has 3 nitrogen and oxygen atoms in total. The molecule has 0 spiro atoms. The Morgan fingerprint density at radius 1 is 0.958 bits per heavy atom. The lowest BCUT2D eigenvalue weighted by Crippen LogP contribution is -2.19. The van der Waals surface area contributed by atoms with Crippen molar-refractivity contribution < 1.29 is 9.84 Å². The predicted molar refractivity (Wildman–Crippen MR) is 98.2 cm³/mol. The molecule has 0 saturated carbocycles. The van der Waals surface area contributed by atoms with E-state index in [1.165, 1.54) is 16.3 Å². The van der Waals surface area contributed by atoms with Crippen LogP contribution in [0, 0.1) is 0 Å². The van der Waals surface area contributed by atoms with Crippen LogP contribution in [0.4, 0.5) is 0 Å².